The summed E-state index contributed by atoms with van der Waals surface area (Å²) in [5.41, 5.74) is 4.86. The first-order valence-corrected chi connectivity index (χ1v) is 10.3. The number of hydrogen-bond donors (Lipinski definition) is 2. The van der Waals surface area contributed by atoms with Crippen LogP contribution in [0.3, 0.4) is 0 Å². The van der Waals surface area contributed by atoms with E-state index in [0.717, 1.165) is 28.1 Å². The number of anilines is 2. The molecule has 0 aliphatic heterocycles. The Hall–Kier alpha value is -3.77. The molecule has 0 spiro atoms. The summed E-state index contributed by atoms with van der Waals surface area (Å²) in [5, 5.41) is 8.07. The number of nitrogens with one attached hydrogen (secondary N) is 2. The monoisotopic (exact) mass is 413 g/mol. The third-order valence-electron chi connectivity index (χ3n) is 4.48. The average molecular weight is 414 g/mol. The van der Waals surface area contributed by atoms with Crippen molar-refractivity contribution in [1.29, 1.82) is 0 Å². The number of carbonyl (C=O) groups excluding carboxylic acids is 2. The van der Waals surface area contributed by atoms with Crippen LogP contribution in [-0.4, -0.2) is 16.8 Å². The number of benzene rings is 3. The number of thiazole rings is 1. The maximum absolute atomic E-state index is 12.9. The predicted octanol–water partition coefficient (Wildman–Crippen LogP) is 5.69. The average Bonchev–Trinajstić information content (AvgIpc) is 3.23. The largest absolute Gasteiger partial charge is 0.326 e. The van der Waals surface area contributed by atoms with Crippen LogP contribution in [0.4, 0.5) is 10.8 Å². The number of rotatable bonds is 5. The van der Waals surface area contributed by atoms with Gasteiger partial charge in [0.2, 0.25) is 5.91 Å². The lowest BCUT2D eigenvalue weighted by Gasteiger charge is -2.09. The molecule has 0 saturated heterocycles. The SMILES string of the molecule is CC(=O)Nc1ccc(-c2csc(NC(=O)c3ccccc3-c3ccccc3)n2)cc1. The van der Waals surface area contributed by atoms with Crippen molar-refractivity contribution in [2.75, 3.05) is 10.6 Å². The van der Waals surface area contributed by atoms with Gasteiger partial charge >= 0.3 is 0 Å². The molecular weight excluding hydrogens is 394 g/mol. The molecule has 0 radical (unpaired) electrons. The molecule has 0 unspecified atom stereocenters. The highest BCUT2D eigenvalue weighted by Gasteiger charge is 2.14. The zero-order valence-electron chi connectivity index (χ0n) is 16.3. The van der Waals surface area contributed by atoms with Gasteiger partial charge in [0.15, 0.2) is 5.13 Å². The fourth-order valence-corrected chi connectivity index (χ4v) is 3.82. The first-order chi connectivity index (χ1) is 14.6. The number of hydrogen-bond acceptors (Lipinski definition) is 4. The summed E-state index contributed by atoms with van der Waals surface area (Å²) in [6, 6.07) is 24.8. The number of amides is 2. The second-order valence-electron chi connectivity index (χ2n) is 6.66. The molecule has 1 aromatic heterocycles. The van der Waals surface area contributed by atoms with Gasteiger partial charge in [-0.15, -0.1) is 11.3 Å². The zero-order chi connectivity index (χ0) is 20.9. The minimum Gasteiger partial charge on any atom is -0.326 e. The third-order valence-corrected chi connectivity index (χ3v) is 5.24. The summed E-state index contributed by atoms with van der Waals surface area (Å²) in [5.74, 6) is -0.312. The summed E-state index contributed by atoms with van der Waals surface area (Å²) in [6.07, 6.45) is 0. The first-order valence-electron chi connectivity index (χ1n) is 9.39. The smallest absolute Gasteiger partial charge is 0.258 e. The van der Waals surface area contributed by atoms with Gasteiger partial charge in [0.25, 0.3) is 5.91 Å². The van der Waals surface area contributed by atoms with E-state index in [9.17, 15) is 9.59 Å². The van der Waals surface area contributed by atoms with E-state index in [4.69, 9.17) is 0 Å². The molecule has 5 nitrogen and oxygen atoms in total. The van der Waals surface area contributed by atoms with Crippen molar-refractivity contribution in [2.24, 2.45) is 0 Å². The number of nitrogens with zero attached hydrogens (tertiary/aromatic N) is 1. The molecule has 6 heteroatoms. The molecular formula is C24H19N3O2S. The lowest BCUT2D eigenvalue weighted by molar-refractivity contribution is -0.114. The molecule has 4 aromatic rings. The van der Waals surface area contributed by atoms with Crippen molar-refractivity contribution in [3.63, 3.8) is 0 Å². The van der Waals surface area contributed by atoms with Crippen LogP contribution in [0.1, 0.15) is 17.3 Å². The highest BCUT2D eigenvalue weighted by Crippen LogP contribution is 2.28. The van der Waals surface area contributed by atoms with Gasteiger partial charge in [-0.1, -0.05) is 60.7 Å². The Bertz CT molecular complexity index is 1180. The summed E-state index contributed by atoms with van der Waals surface area (Å²) >= 11 is 1.37. The van der Waals surface area contributed by atoms with Gasteiger partial charge in [-0.3, -0.25) is 14.9 Å². The molecule has 4 rings (SSSR count). The molecule has 30 heavy (non-hydrogen) atoms. The fraction of sp³-hybridized carbons (Fsp3) is 0.0417. The molecule has 0 aliphatic carbocycles. The van der Waals surface area contributed by atoms with Crippen molar-refractivity contribution in [3.05, 3.63) is 89.8 Å². The van der Waals surface area contributed by atoms with Gasteiger partial charge in [0.1, 0.15) is 0 Å². The van der Waals surface area contributed by atoms with E-state index in [1.807, 2.05) is 84.2 Å². The normalized spacial score (nSPS) is 10.4. The second-order valence-corrected chi connectivity index (χ2v) is 7.52. The van der Waals surface area contributed by atoms with Crippen molar-refractivity contribution in [3.8, 4) is 22.4 Å². The topological polar surface area (TPSA) is 71.1 Å². The van der Waals surface area contributed by atoms with Gasteiger partial charge in [-0.2, -0.15) is 0 Å². The molecule has 2 N–H and O–H groups in total. The number of carbonyl (C=O) groups is 2. The summed E-state index contributed by atoms with van der Waals surface area (Å²) < 4.78 is 0. The Labute approximate surface area is 178 Å². The Morgan fingerprint density at radius 1 is 0.800 bits per heavy atom. The van der Waals surface area contributed by atoms with E-state index in [-0.39, 0.29) is 11.8 Å². The van der Waals surface area contributed by atoms with Crippen LogP contribution >= 0.6 is 11.3 Å². The summed E-state index contributed by atoms with van der Waals surface area (Å²) in [7, 11) is 0. The van der Waals surface area contributed by atoms with Crippen LogP contribution in [0.15, 0.2) is 84.2 Å². The van der Waals surface area contributed by atoms with Crippen LogP contribution in [0.5, 0.6) is 0 Å². The van der Waals surface area contributed by atoms with E-state index < -0.39 is 0 Å². The molecule has 0 aliphatic rings. The minimum absolute atomic E-state index is 0.114. The van der Waals surface area contributed by atoms with E-state index in [2.05, 4.69) is 15.6 Å². The second kappa shape index (κ2) is 8.71. The van der Waals surface area contributed by atoms with E-state index in [1.54, 1.807) is 0 Å². The van der Waals surface area contributed by atoms with Crippen LogP contribution in [0.25, 0.3) is 22.4 Å². The quantitative estimate of drug-likeness (QED) is 0.442. The molecule has 3 aromatic carbocycles. The van der Waals surface area contributed by atoms with Crippen LogP contribution in [-0.2, 0) is 4.79 Å². The standard InChI is InChI=1S/C24H19N3O2S/c1-16(28)25-19-13-11-18(12-14-19)22-15-30-24(26-22)27-23(29)21-10-6-5-9-20(21)17-7-3-2-4-8-17/h2-15H,1H3,(H,25,28)(H,26,27,29). The molecule has 0 fully saturated rings. The van der Waals surface area contributed by atoms with E-state index in [1.165, 1.54) is 18.3 Å². The minimum atomic E-state index is -0.198. The maximum atomic E-state index is 12.9. The van der Waals surface area contributed by atoms with Crippen LogP contribution in [0.2, 0.25) is 0 Å². The van der Waals surface area contributed by atoms with Crippen molar-refractivity contribution < 1.29 is 9.59 Å². The molecule has 0 atom stereocenters. The van der Waals surface area contributed by atoms with Crippen LogP contribution < -0.4 is 10.6 Å². The highest BCUT2D eigenvalue weighted by atomic mass is 32.1. The lowest BCUT2D eigenvalue weighted by atomic mass is 9.99. The van der Waals surface area contributed by atoms with Gasteiger partial charge < -0.3 is 5.32 Å². The lowest BCUT2D eigenvalue weighted by Crippen LogP contribution is -2.13. The van der Waals surface area contributed by atoms with Gasteiger partial charge in [-0.05, 0) is 29.3 Å². The highest BCUT2D eigenvalue weighted by molar-refractivity contribution is 7.14. The zero-order valence-corrected chi connectivity index (χ0v) is 17.1. The Kier molecular flexibility index (Phi) is 5.68. The first kappa shape index (κ1) is 19.5. The predicted molar refractivity (Wildman–Crippen MR) is 122 cm³/mol. The Morgan fingerprint density at radius 2 is 1.50 bits per heavy atom. The van der Waals surface area contributed by atoms with E-state index in [0.29, 0.717) is 10.7 Å². The van der Waals surface area contributed by atoms with E-state index >= 15 is 0 Å². The van der Waals surface area contributed by atoms with Crippen molar-refractivity contribution in [2.45, 2.75) is 6.92 Å². The molecule has 0 bridgehead atoms. The molecule has 0 saturated carbocycles. The third kappa shape index (κ3) is 4.45. The van der Waals surface area contributed by atoms with Gasteiger partial charge in [0.05, 0.1) is 5.69 Å². The Morgan fingerprint density at radius 3 is 2.23 bits per heavy atom. The molecule has 2 amide bonds. The maximum Gasteiger partial charge on any atom is 0.258 e. The summed E-state index contributed by atoms with van der Waals surface area (Å²) in [6.45, 7) is 1.47. The number of aromatic nitrogens is 1. The van der Waals surface area contributed by atoms with Crippen LogP contribution in [0, 0.1) is 0 Å². The molecule has 148 valence electrons. The van der Waals surface area contributed by atoms with Crippen molar-refractivity contribution in [1.82, 2.24) is 4.98 Å². The fourth-order valence-electron chi connectivity index (χ4n) is 3.11. The van der Waals surface area contributed by atoms with Crippen molar-refractivity contribution >= 4 is 34.0 Å². The van der Waals surface area contributed by atoms with Gasteiger partial charge in [0, 0.05) is 29.1 Å². The summed E-state index contributed by atoms with van der Waals surface area (Å²) in [4.78, 5) is 28.6. The molecule has 1 heterocycles. The Balaban J connectivity index is 1.52. The van der Waals surface area contributed by atoms with Gasteiger partial charge in [-0.25, -0.2) is 4.98 Å².